The van der Waals surface area contributed by atoms with Gasteiger partial charge in [-0.2, -0.15) is 0 Å². The van der Waals surface area contributed by atoms with E-state index < -0.39 is 23.1 Å². The third kappa shape index (κ3) is 5.63. The van der Waals surface area contributed by atoms with Gasteiger partial charge in [-0.3, -0.25) is 0 Å². The van der Waals surface area contributed by atoms with Crippen LogP contribution in [-0.2, 0) is 19.1 Å². The molecule has 0 saturated carbocycles. The summed E-state index contributed by atoms with van der Waals surface area (Å²) in [4.78, 5) is 19.8. The minimum Gasteiger partial charge on any atom is -0.387 e. The smallest absolute Gasteiger partial charge is 0.338 e. The first kappa shape index (κ1) is 17.8. The van der Waals surface area contributed by atoms with E-state index in [0.717, 1.165) is 12.2 Å². The number of hydrogen-bond donors (Lipinski definition) is 0. The fourth-order valence-electron chi connectivity index (χ4n) is 1.11. The Balaban J connectivity index is 0.000000428. The van der Waals surface area contributed by atoms with Crippen LogP contribution in [0.3, 0.4) is 0 Å². The van der Waals surface area contributed by atoms with E-state index >= 15 is 0 Å². The lowest BCUT2D eigenvalue weighted by atomic mass is 10.0. The number of cyclic esters (lactones) is 2. The fourth-order valence-corrected chi connectivity index (χ4v) is 1.11. The molecule has 0 fully saturated rings. The Morgan fingerprint density at radius 2 is 1.20 bits per heavy atom. The molecule has 1 rings (SSSR count). The van der Waals surface area contributed by atoms with E-state index in [0.29, 0.717) is 0 Å². The molecule has 4 heteroatoms. The van der Waals surface area contributed by atoms with Crippen molar-refractivity contribution in [2.75, 3.05) is 0 Å². The number of ether oxygens (including phenoxy) is 2. The lowest BCUT2D eigenvalue weighted by molar-refractivity contribution is -0.150. The van der Waals surface area contributed by atoms with Crippen LogP contribution in [0.15, 0.2) is 62.8 Å². The largest absolute Gasteiger partial charge is 0.387 e. The van der Waals surface area contributed by atoms with E-state index in [4.69, 9.17) is 4.74 Å². The second-order valence-corrected chi connectivity index (χ2v) is 4.36. The zero-order valence-electron chi connectivity index (χ0n) is 11.9. The first-order valence-electron chi connectivity index (χ1n) is 5.92. The average Bonchev–Trinajstić information content (AvgIpc) is 2.82. The van der Waals surface area contributed by atoms with Gasteiger partial charge in [-0.15, -0.1) is 0 Å². The normalized spacial score (nSPS) is 13.9. The van der Waals surface area contributed by atoms with Gasteiger partial charge in [0.2, 0.25) is 0 Å². The quantitative estimate of drug-likeness (QED) is 0.425. The van der Waals surface area contributed by atoms with Gasteiger partial charge in [-0.1, -0.05) is 50.6 Å². The topological polar surface area (TPSA) is 52.6 Å². The van der Waals surface area contributed by atoms with E-state index in [-0.39, 0.29) is 0 Å². The van der Waals surface area contributed by atoms with Crippen LogP contribution in [0.5, 0.6) is 0 Å². The molecule has 0 spiro atoms. The van der Waals surface area contributed by atoms with Crippen molar-refractivity contribution in [3.63, 3.8) is 0 Å². The van der Waals surface area contributed by atoms with Crippen molar-refractivity contribution in [3.8, 4) is 0 Å². The Hall–Kier alpha value is -2.20. The summed E-state index contributed by atoms with van der Waals surface area (Å²) in [7, 11) is 0. The van der Waals surface area contributed by atoms with Crippen LogP contribution in [0.4, 0.5) is 0 Å². The number of carbonyl (C=O) groups is 2. The molecule has 0 bridgehead atoms. The predicted octanol–water partition coefficient (Wildman–Crippen LogP) is 2.89. The molecule has 108 valence electrons. The summed E-state index contributed by atoms with van der Waals surface area (Å²) in [5.41, 5.74) is -1.09. The summed E-state index contributed by atoms with van der Waals surface area (Å²) in [6, 6.07) is 0. The highest BCUT2D eigenvalue weighted by atomic mass is 16.6. The molecule has 0 saturated heterocycles. The minimum atomic E-state index is -0.579. The Morgan fingerprint density at radius 1 is 0.900 bits per heavy atom. The highest BCUT2D eigenvalue weighted by Crippen LogP contribution is 2.24. The van der Waals surface area contributed by atoms with Crippen LogP contribution < -0.4 is 0 Å². The van der Waals surface area contributed by atoms with Gasteiger partial charge in [0, 0.05) is 12.2 Å². The highest BCUT2D eigenvalue weighted by Gasteiger charge is 2.26. The monoisotopic (exact) mass is 276 g/mol. The molecule has 0 amide bonds. The summed E-state index contributed by atoms with van der Waals surface area (Å²) in [6.45, 7) is 18.5. The predicted molar refractivity (Wildman–Crippen MR) is 78.9 cm³/mol. The van der Waals surface area contributed by atoms with Gasteiger partial charge >= 0.3 is 11.9 Å². The third-order valence-electron chi connectivity index (χ3n) is 2.62. The molecule has 0 radical (unpaired) electrons. The highest BCUT2D eigenvalue weighted by molar-refractivity contribution is 6.04. The van der Waals surface area contributed by atoms with Crippen molar-refractivity contribution < 1.29 is 19.1 Å². The van der Waals surface area contributed by atoms with Crippen LogP contribution >= 0.6 is 0 Å². The van der Waals surface area contributed by atoms with E-state index in [1.165, 1.54) is 0 Å². The SMILES string of the molecule is C=CC(C)(C=C)OC(C)(C=C)C=C.O=C1C=CC(=O)O1. The summed E-state index contributed by atoms with van der Waals surface area (Å²) in [5.74, 6) is -1.16. The number of rotatable bonds is 6. The Kier molecular flexibility index (Phi) is 6.59. The molecule has 0 aliphatic carbocycles. The van der Waals surface area contributed by atoms with Crippen molar-refractivity contribution in [2.24, 2.45) is 0 Å². The lowest BCUT2D eigenvalue weighted by Gasteiger charge is -2.32. The molecule has 20 heavy (non-hydrogen) atoms. The van der Waals surface area contributed by atoms with Crippen LogP contribution in [0.25, 0.3) is 0 Å². The molecular formula is C16H20O4. The molecule has 0 aromatic heterocycles. The first-order chi connectivity index (χ1) is 9.24. The lowest BCUT2D eigenvalue weighted by Crippen LogP contribution is -2.35. The fraction of sp³-hybridized carbons (Fsp3) is 0.250. The third-order valence-corrected chi connectivity index (χ3v) is 2.62. The number of hydrogen-bond acceptors (Lipinski definition) is 4. The standard InChI is InChI=1S/C12H18O.C4H2O3/c1-7-11(5,8-2)13-12(6,9-3)10-4;5-3-1-2-4(6)7-3/h7-10H,1-4H2,5-6H3;1-2H. The maximum atomic E-state index is 9.92. The van der Waals surface area contributed by atoms with Gasteiger partial charge in [0.05, 0.1) is 0 Å². The minimum absolute atomic E-state index is 0.545. The van der Waals surface area contributed by atoms with Crippen LogP contribution in [0, 0.1) is 0 Å². The summed E-state index contributed by atoms with van der Waals surface area (Å²) < 4.78 is 9.72. The van der Waals surface area contributed by atoms with Gasteiger partial charge in [-0.05, 0) is 13.8 Å². The number of esters is 2. The van der Waals surface area contributed by atoms with E-state index in [1.807, 2.05) is 13.8 Å². The van der Waals surface area contributed by atoms with E-state index in [1.54, 1.807) is 24.3 Å². The Labute approximate surface area is 119 Å². The zero-order valence-corrected chi connectivity index (χ0v) is 11.9. The van der Waals surface area contributed by atoms with Crippen molar-refractivity contribution in [2.45, 2.75) is 25.0 Å². The Morgan fingerprint density at radius 3 is 1.35 bits per heavy atom. The molecule has 0 aromatic carbocycles. The van der Waals surface area contributed by atoms with Crippen molar-refractivity contribution in [1.82, 2.24) is 0 Å². The van der Waals surface area contributed by atoms with Crippen LogP contribution in [0.2, 0.25) is 0 Å². The maximum Gasteiger partial charge on any atom is 0.338 e. The van der Waals surface area contributed by atoms with Crippen molar-refractivity contribution in [1.29, 1.82) is 0 Å². The molecule has 0 unspecified atom stereocenters. The molecule has 1 aliphatic rings. The summed E-state index contributed by atoms with van der Waals surface area (Å²) >= 11 is 0. The average molecular weight is 276 g/mol. The molecule has 0 aromatic rings. The van der Waals surface area contributed by atoms with Gasteiger partial charge in [0.1, 0.15) is 11.2 Å². The van der Waals surface area contributed by atoms with Gasteiger partial charge in [0.25, 0.3) is 0 Å². The van der Waals surface area contributed by atoms with E-state index in [2.05, 4.69) is 31.1 Å². The molecule has 0 atom stereocenters. The molecule has 1 aliphatic heterocycles. The molecule has 4 nitrogen and oxygen atoms in total. The second kappa shape index (κ2) is 7.40. The van der Waals surface area contributed by atoms with Crippen LogP contribution in [0.1, 0.15) is 13.8 Å². The Bertz CT molecular complexity index is 401. The van der Waals surface area contributed by atoms with Crippen LogP contribution in [-0.4, -0.2) is 23.1 Å². The van der Waals surface area contributed by atoms with Gasteiger partial charge < -0.3 is 9.47 Å². The van der Waals surface area contributed by atoms with Crippen molar-refractivity contribution >= 4 is 11.9 Å². The molecule has 0 N–H and O–H groups in total. The zero-order chi connectivity index (χ0) is 15.8. The van der Waals surface area contributed by atoms with Gasteiger partial charge in [0.15, 0.2) is 0 Å². The van der Waals surface area contributed by atoms with E-state index in [9.17, 15) is 9.59 Å². The summed E-state index contributed by atoms with van der Waals surface area (Å²) in [5, 5.41) is 0. The first-order valence-corrected chi connectivity index (χ1v) is 5.92. The van der Waals surface area contributed by atoms with Gasteiger partial charge in [-0.25, -0.2) is 9.59 Å². The maximum absolute atomic E-state index is 9.92. The molecular weight excluding hydrogens is 256 g/mol. The number of carbonyl (C=O) groups excluding carboxylic acids is 2. The van der Waals surface area contributed by atoms with Crippen molar-refractivity contribution in [3.05, 3.63) is 62.8 Å². The summed E-state index contributed by atoms with van der Waals surface area (Å²) in [6.07, 6.45) is 8.97. The molecule has 1 heterocycles. The second-order valence-electron chi connectivity index (χ2n) is 4.36.